The second-order valence-corrected chi connectivity index (χ2v) is 5.37. The molecule has 0 amide bonds. The predicted octanol–water partition coefficient (Wildman–Crippen LogP) is 3.27. The van der Waals surface area contributed by atoms with Crippen LogP contribution >= 0.6 is 0 Å². The van der Waals surface area contributed by atoms with Gasteiger partial charge in [-0.25, -0.2) is 0 Å². The van der Waals surface area contributed by atoms with Crippen LogP contribution in [0.5, 0.6) is 0 Å². The van der Waals surface area contributed by atoms with E-state index in [1.54, 1.807) is 0 Å². The largest absolute Gasteiger partial charge is 0.313 e. The van der Waals surface area contributed by atoms with E-state index in [9.17, 15) is 0 Å². The smallest absolute Gasteiger partial charge is 0.0205 e. The Labute approximate surface area is 116 Å². The summed E-state index contributed by atoms with van der Waals surface area (Å²) < 4.78 is 0. The second kappa shape index (κ2) is 7.27. The maximum atomic E-state index is 3.52. The highest BCUT2D eigenvalue weighted by Gasteiger charge is 1.96. The van der Waals surface area contributed by atoms with Crippen molar-refractivity contribution in [2.75, 3.05) is 27.2 Å². The fraction of sp³-hybridized carbons (Fsp3) is 0.412. The Kier molecular flexibility index (Phi) is 5.37. The molecule has 0 aliphatic heterocycles. The lowest BCUT2D eigenvalue weighted by molar-refractivity contribution is 0.391. The molecule has 102 valence electrons. The highest BCUT2D eigenvalue weighted by Crippen LogP contribution is 2.15. The van der Waals surface area contributed by atoms with E-state index >= 15 is 0 Å². The van der Waals surface area contributed by atoms with Gasteiger partial charge in [0.1, 0.15) is 0 Å². The van der Waals surface area contributed by atoms with E-state index in [1.807, 2.05) is 0 Å². The van der Waals surface area contributed by atoms with Crippen molar-refractivity contribution in [3.63, 3.8) is 0 Å². The Morgan fingerprint density at radius 1 is 0.947 bits per heavy atom. The number of hydrogen-bond acceptors (Lipinski definition) is 2. The maximum absolute atomic E-state index is 3.52. The molecule has 0 aliphatic rings. The van der Waals surface area contributed by atoms with E-state index in [1.165, 1.54) is 35.7 Å². The second-order valence-electron chi connectivity index (χ2n) is 5.37. The Hall–Kier alpha value is -1.38. The normalized spacial score (nSPS) is 11.3. The molecule has 0 bridgehead atoms. The standard InChI is InChI=1S/C17H24N2/c1-19(2)12-6-5-11-18-14-15-9-10-16-7-3-4-8-17(16)13-15/h3-4,7-10,13,18H,5-6,11-12,14H2,1-2H3. The lowest BCUT2D eigenvalue weighted by Crippen LogP contribution is -2.18. The summed E-state index contributed by atoms with van der Waals surface area (Å²) in [6.45, 7) is 3.24. The Morgan fingerprint density at radius 2 is 1.74 bits per heavy atom. The van der Waals surface area contributed by atoms with E-state index in [0.29, 0.717) is 0 Å². The van der Waals surface area contributed by atoms with Gasteiger partial charge in [0.25, 0.3) is 0 Å². The van der Waals surface area contributed by atoms with E-state index in [-0.39, 0.29) is 0 Å². The van der Waals surface area contributed by atoms with Crippen LogP contribution in [0.4, 0.5) is 0 Å². The SMILES string of the molecule is CN(C)CCCCNCc1ccc2ccccc2c1. The molecule has 0 aromatic heterocycles. The van der Waals surface area contributed by atoms with Crippen molar-refractivity contribution in [1.82, 2.24) is 10.2 Å². The summed E-state index contributed by atoms with van der Waals surface area (Å²) in [5, 5.41) is 6.17. The lowest BCUT2D eigenvalue weighted by atomic mass is 10.1. The zero-order valence-corrected chi connectivity index (χ0v) is 12.0. The van der Waals surface area contributed by atoms with Crippen LogP contribution in [0.1, 0.15) is 18.4 Å². The minimum Gasteiger partial charge on any atom is -0.313 e. The summed E-state index contributed by atoms with van der Waals surface area (Å²) in [6, 6.07) is 15.2. The van der Waals surface area contributed by atoms with Gasteiger partial charge in [0.05, 0.1) is 0 Å². The van der Waals surface area contributed by atoms with Crippen LogP contribution in [0.3, 0.4) is 0 Å². The molecule has 0 fully saturated rings. The molecule has 0 aliphatic carbocycles. The van der Waals surface area contributed by atoms with Crippen LogP contribution in [0.25, 0.3) is 10.8 Å². The molecule has 0 heterocycles. The van der Waals surface area contributed by atoms with E-state index < -0.39 is 0 Å². The third kappa shape index (κ3) is 4.66. The van der Waals surface area contributed by atoms with E-state index in [0.717, 1.165) is 13.1 Å². The highest BCUT2D eigenvalue weighted by molar-refractivity contribution is 5.82. The lowest BCUT2D eigenvalue weighted by Gasteiger charge is -2.09. The molecule has 2 aromatic rings. The third-order valence-electron chi connectivity index (χ3n) is 3.35. The molecule has 2 nitrogen and oxygen atoms in total. The van der Waals surface area contributed by atoms with Crippen molar-refractivity contribution >= 4 is 10.8 Å². The third-order valence-corrected chi connectivity index (χ3v) is 3.35. The number of benzene rings is 2. The van der Waals surface area contributed by atoms with Crippen molar-refractivity contribution in [2.45, 2.75) is 19.4 Å². The number of fused-ring (bicyclic) bond motifs is 1. The number of rotatable bonds is 7. The molecule has 1 N–H and O–H groups in total. The summed E-state index contributed by atoms with van der Waals surface area (Å²) >= 11 is 0. The molecular weight excluding hydrogens is 232 g/mol. The Bertz CT molecular complexity index is 505. The Balaban J connectivity index is 1.75. The average molecular weight is 256 g/mol. The summed E-state index contributed by atoms with van der Waals surface area (Å²) in [6.07, 6.45) is 2.50. The topological polar surface area (TPSA) is 15.3 Å². The summed E-state index contributed by atoms with van der Waals surface area (Å²) in [5.41, 5.74) is 1.37. The summed E-state index contributed by atoms with van der Waals surface area (Å²) in [4.78, 5) is 2.24. The van der Waals surface area contributed by atoms with Gasteiger partial charge in [0.15, 0.2) is 0 Å². The first-order valence-corrected chi connectivity index (χ1v) is 7.09. The van der Waals surface area contributed by atoms with E-state index in [2.05, 4.69) is 66.8 Å². The van der Waals surface area contributed by atoms with Gasteiger partial charge in [-0.2, -0.15) is 0 Å². The van der Waals surface area contributed by atoms with Gasteiger partial charge in [0, 0.05) is 6.54 Å². The highest BCUT2D eigenvalue weighted by atomic mass is 15.0. The van der Waals surface area contributed by atoms with Crippen LogP contribution in [-0.2, 0) is 6.54 Å². The van der Waals surface area contributed by atoms with Gasteiger partial charge in [-0.15, -0.1) is 0 Å². The molecule has 19 heavy (non-hydrogen) atoms. The molecule has 0 saturated carbocycles. The molecule has 0 spiro atoms. The van der Waals surface area contributed by atoms with Gasteiger partial charge in [-0.3, -0.25) is 0 Å². The summed E-state index contributed by atoms with van der Waals surface area (Å²) in [7, 11) is 4.25. The summed E-state index contributed by atoms with van der Waals surface area (Å²) in [5.74, 6) is 0. The number of nitrogens with zero attached hydrogens (tertiary/aromatic N) is 1. The van der Waals surface area contributed by atoms with Gasteiger partial charge in [-0.05, 0) is 62.4 Å². The maximum Gasteiger partial charge on any atom is 0.0205 e. The predicted molar refractivity (Wildman–Crippen MR) is 83.4 cm³/mol. The first-order chi connectivity index (χ1) is 9.25. The fourth-order valence-corrected chi connectivity index (χ4v) is 2.26. The average Bonchev–Trinajstić information content (AvgIpc) is 2.42. The molecule has 0 atom stereocenters. The van der Waals surface area contributed by atoms with E-state index in [4.69, 9.17) is 0 Å². The molecule has 0 saturated heterocycles. The van der Waals surface area contributed by atoms with Gasteiger partial charge < -0.3 is 10.2 Å². The zero-order chi connectivity index (χ0) is 13.5. The van der Waals surface area contributed by atoms with Crippen LogP contribution in [0.15, 0.2) is 42.5 Å². The van der Waals surface area contributed by atoms with Crippen molar-refractivity contribution < 1.29 is 0 Å². The minimum atomic E-state index is 0.965. The molecule has 2 rings (SSSR count). The first-order valence-electron chi connectivity index (χ1n) is 7.09. The van der Waals surface area contributed by atoms with Crippen molar-refractivity contribution in [1.29, 1.82) is 0 Å². The zero-order valence-electron chi connectivity index (χ0n) is 12.0. The molecule has 0 unspecified atom stereocenters. The number of nitrogens with one attached hydrogen (secondary N) is 1. The molecule has 0 radical (unpaired) electrons. The number of hydrogen-bond donors (Lipinski definition) is 1. The van der Waals surface area contributed by atoms with Gasteiger partial charge in [0.2, 0.25) is 0 Å². The van der Waals surface area contributed by atoms with Gasteiger partial charge >= 0.3 is 0 Å². The van der Waals surface area contributed by atoms with Crippen LogP contribution in [0, 0.1) is 0 Å². The molecular formula is C17H24N2. The van der Waals surface area contributed by atoms with Crippen LogP contribution < -0.4 is 5.32 Å². The minimum absolute atomic E-state index is 0.965. The van der Waals surface area contributed by atoms with Gasteiger partial charge in [-0.1, -0.05) is 36.4 Å². The number of unbranched alkanes of at least 4 members (excludes halogenated alkanes) is 1. The fourth-order valence-electron chi connectivity index (χ4n) is 2.26. The van der Waals surface area contributed by atoms with Crippen molar-refractivity contribution in [3.05, 3.63) is 48.0 Å². The van der Waals surface area contributed by atoms with Crippen LogP contribution in [-0.4, -0.2) is 32.1 Å². The Morgan fingerprint density at radius 3 is 2.53 bits per heavy atom. The monoisotopic (exact) mass is 256 g/mol. The van der Waals surface area contributed by atoms with Crippen molar-refractivity contribution in [3.8, 4) is 0 Å². The first kappa shape index (κ1) is 14.0. The molecule has 2 heteroatoms. The molecule has 2 aromatic carbocycles. The van der Waals surface area contributed by atoms with Crippen LogP contribution in [0.2, 0.25) is 0 Å². The quantitative estimate of drug-likeness (QED) is 0.765. The van der Waals surface area contributed by atoms with Crippen molar-refractivity contribution in [2.24, 2.45) is 0 Å².